The average Bonchev–Trinajstić information content (AvgIpc) is 2.98. The van der Waals surface area contributed by atoms with Crippen LogP contribution < -0.4 is 5.32 Å². The minimum absolute atomic E-state index is 0.0973. The van der Waals surface area contributed by atoms with Crippen molar-refractivity contribution in [2.45, 2.75) is 51.5 Å². The summed E-state index contributed by atoms with van der Waals surface area (Å²) < 4.78 is 5.92. The molecule has 1 amide bonds. The van der Waals surface area contributed by atoms with Crippen molar-refractivity contribution in [1.29, 1.82) is 0 Å². The fraction of sp³-hybridized carbons (Fsp3) is 0.579. The highest BCUT2D eigenvalue weighted by Gasteiger charge is 2.27. The van der Waals surface area contributed by atoms with E-state index in [1.807, 2.05) is 24.3 Å². The first-order chi connectivity index (χ1) is 11.5. The molecule has 130 valence electrons. The second-order valence-corrected chi connectivity index (χ2v) is 7.38. The summed E-state index contributed by atoms with van der Waals surface area (Å²) in [7, 11) is 0. The quantitative estimate of drug-likeness (QED) is 0.914. The molecule has 0 bridgehead atoms. The van der Waals surface area contributed by atoms with Gasteiger partial charge in [0.2, 0.25) is 5.91 Å². The van der Waals surface area contributed by atoms with Gasteiger partial charge in [0.15, 0.2) is 11.5 Å². The van der Waals surface area contributed by atoms with Gasteiger partial charge >= 0.3 is 0 Å². The van der Waals surface area contributed by atoms with Crippen LogP contribution in [0.5, 0.6) is 0 Å². The number of hydrogen-bond donors (Lipinski definition) is 1. The number of para-hydroxylation sites is 2. The molecule has 0 saturated carbocycles. The van der Waals surface area contributed by atoms with Crippen LogP contribution in [0.3, 0.4) is 0 Å². The van der Waals surface area contributed by atoms with E-state index in [1.54, 1.807) is 0 Å². The maximum atomic E-state index is 12.3. The fourth-order valence-electron chi connectivity index (χ4n) is 3.17. The second kappa shape index (κ2) is 6.93. The van der Waals surface area contributed by atoms with Crippen molar-refractivity contribution < 1.29 is 9.21 Å². The summed E-state index contributed by atoms with van der Waals surface area (Å²) >= 11 is 0. The van der Waals surface area contributed by atoms with Crippen molar-refractivity contribution >= 4 is 17.0 Å². The van der Waals surface area contributed by atoms with Crippen molar-refractivity contribution in [3.05, 3.63) is 30.2 Å². The van der Waals surface area contributed by atoms with E-state index in [0.717, 1.165) is 49.3 Å². The van der Waals surface area contributed by atoms with Crippen molar-refractivity contribution in [1.82, 2.24) is 15.2 Å². The summed E-state index contributed by atoms with van der Waals surface area (Å²) in [6, 6.07) is 7.86. The average molecular weight is 329 g/mol. The van der Waals surface area contributed by atoms with Gasteiger partial charge in [0, 0.05) is 18.0 Å². The minimum atomic E-state index is -0.146. The monoisotopic (exact) mass is 329 g/mol. The number of amides is 1. The van der Waals surface area contributed by atoms with Gasteiger partial charge < -0.3 is 9.73 Å². The molecule has 24 heavy (non-hydrogen) atoms. The lowest BCUT2D eigenvalue weighted by atomic mass is 9.98. The Labute approximate surface area is 143 Å². The van der Waals surface area contributed by atoms with E-state index >= 15 is 0 Å². The fourth-order valence-corrected chi connectivity index (χ4v) is 3.17. The number of hydrogen-bond acceptors (Lipinski definition) is 4. The van der Waals surface area contributed by atoms with E-state index in [2.05, 4.69) is 36.0 Å². The molecular formula is C19H27N3O2. The molecule has 5 nitrogen and oxygen atoms in total. The lowest BCUT2D eigenvalue weighted by Gasteiger charge is -2.32. The first-order valence-corrected chi connectivity index (χ1v) is 8.86. The van der Waals surface area contributed by atoms with E-state index in [4.69, 9.17) is 4.42 Å². The highest BCUT2D eigenvalue weighted by molar-refractivity contribution is 5.78. The molecule has 1 atom stereocenters. The lowest BCUT2D eigenvalue weighted by molar-refractivity contribution is -0.124. The number of rotatable bonds is 5. The van der Waals surface area contributed by atoms with Gasteiger partial charge in [0.1, 0.15) is 5.52 Å². The number of piperidine rings is 1. The number of aromatic nitrogens is 1. The number of fused-ring (bicyclic) bond motifs is 1. The highest BCUT2D eigenvalue weighted by Crippen LogP contribution is 2.28. The Morgan fingerprint density at radius 2 is 2.21 bits per heavy atom. The van der Waals surface area contributed by atoms with Crippen LogP contribution in [0.4, 0.5) is 0 Å². The summed E-state index contributed by atoms with van der Waals surface area (Å²) in [4.78, 5) is 19.1. The Kier molecular flexibility index (Phi) is 4.90. The topological polar surface area (TPSA) is 58.4 Å². The predicted octanol–water partition coefficient (Wildman–Crippen LogP) is 3.31. The van der Waals surface area contributed by atoms with Gasteiger partial charge in [-0.2, -0.15) is 0 Å². The number of nitrogens with one attached hydrogen (secondary N) is 1. The minimum Gasteiger partial charge on any atom is -0.440 e. The SMILES string of the molecule is CCC(C)(C)NC(=O)CN1CCCC(c2nc3ccccc3o2)C1. The van der Waals surface area contributed by atoms with Crippen LogP contribution in [-0.2, 0) is 4.79 Å². The first-order valence-electron chi connectivity index (χ1n) is 8.86. The van der Waals surface area contributed by atoms with E-state index < -0.39 is 0 Å². The Morgan fingerprint density at radius 3 is 2.96 bits per heavy atom. The number of likely N-dealkylation sites (tertiary alicyclic amines) is 1. The smallest absolute Gasteiger partial charge is 0.234 e. The molecule has 1 fully saturated rings. The number of carbonyl (C=O) groups excluding carboxylic acids is 1. The Bertz CT molecular complexity index is 674. The molecule has 5 heteroatoms. The van der Waals surface area contributed by atoms with Gasteiger partial charge in [-0.15, -0.1) is 0 Å². The number of benzene rings is 1. The van der Waals surface area contributed by atoms with Crippen LogP contribution in [0.1, 0.15) is 51.8 Å². The number of oxazole rings is 1. The Hall–Kier alpha value is -1.88. The number of nitrogens with zero attached hydrogens (tertiary/aromatic N) is 2. The summed E-state index contributed by atoms with van der Waals surface area (Å²) in [5, 5.41) is 3.11. The van der Waals surface area contributed by atoms with E-state index in [0.29, 0.717) is 6.54 Å². The maximum absolute atomic E-state index is 12.3. The molecule has 1 aliphatic heterocycles. The van der Waals surface area contributed by atoms with Crippen LogP contribution in [-0.4, -0.2) is 41.0 Å². The Morgan fingerprint density at radius 1 is 1.42 bits per heavy atom. The van der Waals surface area contributed by atoms with Crippen molar-refractivity contribution in [2.75, 3.05) is 19.6 Å². The molecule has 1 aromatic carbocycles. The van der Waals surface area contributed by atoms with Gasteiger partial charge in [-0.25, -0.2) is 4.98 Å². The van der Waals surface area contributed by atoms with Crippen molar-refractivity contribution in [3.63, 3.8) is 0 Å². The largest absolute Gasteiger partial charge is 0.440 e. The van der Waals surface area contributed by atoms with Gasteiger partial charge in [-0.05, 0) is 51.8 Å². The molecule has 0 aliphatic carbocycles. The van der Waals surface area contributed by atoms with Gasteiger partial charge in [-0.1, -0.05) is 19.1 Å². The zero-order valence-electron chi connectivity index (χ0n) is 14.8. The summed E-state index contributed by atoms with van der Waals surface area (Å²) in [5.74, 6) is 1.16. The molecule has 0 radical (unpaired) electrons. The second-order valence-electron chi connectivity index (χ2n) is 7.38. The molecular weight excluding hydrogens is 302 g/mol. The third-order valence-electron chi connectivity index (χ3n) is 4.89. The zero-order valence-corrected chi connectivity index (χ0v) is 14.8. The summed E-state index contributed by atoms with van der Waals surface area (Å²) in [5.41, 5.74) is 1.60. The van der Waals surface area contributed by atoms with Crippen LogP contribution in [0.25, 0.3) is 11.1 Å². The summed E-state index contributed by atoms with van der Waals surface area (Å²) in [6.07, 6.45) is 3.05. The van der Waals surface area contributed by atoms with E-state index in [-0.39, 0.29) is 17.4 Å². The molecule has 1 saturated heterocycles. The lowest BCUT2D eigenvalue weighted by Crippen LogP contribution is -2.48. The molecule has 1 unspecified atom stereocenters. The molecule has 1 aliphatic rings. The van der Waals surface area contributed by atoms with Crippen LogP contribution in [0.2, 0.25) is 0 Å². The summed E-state index contributed by atoms with van der Waals surface area (Å²) in [6.45, 7) is 8.43. The van der Waals surface area contributed by atoms with Crippen LogP contribution in [0.15, 0.2) is 28.7 Å². The van der Waals surface area contributed by atoms with Gasteiger partial charge in [-0.3, -0.25) is 9.69 Å². The molecule has 3 rings (SSSR count). The van der Waals surface area contributed by atoms with Crippen LogP contribution in [0, 0.1) is 0 Å². The van der Waals surface area contributed by atoms with E-state index in [9.17, 15) is 4.79 Å². The molecule has 1 N–H and O–H groups in total. The Balaban J connectivity index is 1.63. The third kappa shape index (κ3) is 3.96. The standard InChI is InChI=1S/C19H27N3O2/c1-4-19(2,3)21-17(23)13-22-11-7-8-14(12-22)18-20-15-9-5-6-10-16(15)24-18/h5-6,9-10,14H,4,7-8,11-13H2,1-3H3,(H,21,23). The van der Waals surface area contributed by atoms with Gasteiger partial charge in [0.25, 0.3) is 0 Å². The normalized spacial score (nSPS) is 19.5. The molecule has 2 aromatic rings. The van der Waals surface area contributed by atoms with Crippen molar-refractivity contribution in [3.8, 4) is 0 Å². The molecule has 1 aromatic heterocycles. The highest BCUT2D eigenvalue weighted by atomic mass is 16.3. The van der Waals surface area contributed by atoms with Gasteiger partial charge in [0.05, 0.1) is 6.54 Å². The zero-order chi connectivity index (χ0) is 17.2. The first kappa shape index (κ1) is 17.0. The third-order valence-corrected chi connectivity index (χ3v) is 4.89. The van der Waals surface area contributed by atoms with Crippen molar-refractivity contribution in [2.24, 2.45) is 0 Å². The molecule has 0 spiro atoms. The molecule has 2 heterocycles. The number of carbonyl (C=O) groups is 1. The van der Waals surface area contributed by atoms with Crippen LogP contribution >= 0.6 is 0 Å². The maximum Gasteiger partial charge on any atom is 0.234 e. The predicted molar refractivity (Wildman–Crippen MR) is 94.9 cm³/mol. The van der Waals surface area contributed by atoms with E-state index in [1.165, 1.54) is 0 Å².